The smallest absolute Gasteiger partial charge is 0.317 e. The average Bonchev–Trinajstić information content (AvgIpc) is 2.84. The molecule has 1 aliphatic carbocycles. The first-order valence-corrected chi connectivity index (χ1v) is 8.01. The maximum absolute atomic E-state index is 12.3. The molecule has 0 spiro atoms. The van der Waals surface area contributed by atoms with Crippen LogP contribution in [0, 0.1) is 5.41 Å². The van der Waals surface area contributed by atoms with Gasteiger partial charge in [0, 0.05) is 19.6 Å². The van der Waals surface area contributed by atoms with Crippen LogP contribution in [-0.2, 0) is 9.53 Å². The van der Waals surface area contributed by atoms with Crippen molar-refractivity contribution in [3.63, 3.8) is 0 Å². The zero-order valence-corrected chi connectivity index (χ0v) is 12.3. The molecule has 0 aromatic heterocycles. The number of carboxylic acid groups (broad SMARTS) is 1. The van der Waals surface area contributed by atoms with E-state index >= 15 is 0 Å². The average molecular weight is 296 g/mol. The van der Waals surface area contributed by atoms with E-state index in [0.717, 1.165) is 32.1 Å². The molecule has 6 heteroatoms. The number of morpholine rings is 1. The van der Waals surface area contributed by atoms with Gasteiger partial charge in [-0.1, -0.05) is 19.3 Å². The second kappa shape index (κ2) is 5.83. The Hall–Kier alpha value is -1.30. The van der Waals surface area contributed by atoms with Crippen molar-refractivity contribution >= 4 is 12.0 Å². The molecule has 2 aliphatic heterocycles. The second-order valence-electron chi connectivity index (χ2n) is 6.67. The number of ether oxygens (including phenoxy) is 1. The fraction of sp³-hybridized carbons (Fsp3) is 0.867. The standard InChI is InChI=1S/C15H24N2O4/c18-13(19)15(6-2-1-3-7-15)10-16-14(20)17-8-11-4-5-12(9-17)21-11/h11-12H,1-10H2,(H,16,20)(H,18,19). The molecule has 3 aliphatic rings. The monoisotopic (exact) mass is 296 g/mol. The highest BCUT2D eigenvalue weighted by Gasteiger charge is 2.41. The van der Waals surface area contributed by atoms with E-state index in [2.05, 4.69) is 5.32 Å². The summed E-state index contributed by atoms with van der Waals surface area (Å²) in [5.74, 6) is -0.774. The Bertz CT molecular complexity index is 408. The molecule has 2 saturated heterocycles. The van der Waals surface area contributed by atoms with Gasteiger partial charge in [-0.25, -0.2) is 4.79 Å². The maximum Gasteiger partial charge on any atom is 0.317 e. The number of fused-ring (bicyclic) bond motifs is 2. The Labute approximate surface area is 124 Å². The normalized spacial score (nSPS) is 31.0. The molecule has 0 aromatic rings. The first kappa shape index (κ1) is 14.6. The maximum atomic E-state index is 12.3. The zero-order chi connectivity index (χ0) is 14.9. The van der Waals surface area contributed by atoms with Gasteiger partial charge in [0.15, 0.2) is 0 Å². The largest absolute Gasteiger partial charge is 0.481 e. The SMILES string of the molecule is O=C(NCC1(C(=O)O)CCCCC1)N1CC2CCC(C1)O2. The number of hydrogen-bond donors (Lipinski definition) is 2. The molecule has 0 radical (unpaired) electrons. The van der Waals surface area contributed by atoms with Gasteiger partial charge in [-0.2, -0.15) is 0 Å². The van der Waals surface area contributed by atoms with Gasteiger partial charge >= 0.3 is 12.0 Å². The van der Waals surface area contributed by atoms with Crippen LogP contribution in [0.15, 0.2) is 0 Å². The van der Waals surface area contributed by atoms with E-state index < -0.39 is 11.4 Å². The number of carbonyl (C=O) groups excluding carboxylic acids is 1. The van der Waals surface area contributed by atoms with Crippen LogP contribution in [0.2, 0.25) is 0 Å². The van der Waals surface area contributed by atoms with Crippen molar-refractivity contribution in [3.8, 4) is 0 Å². The summed E-state index contributed by atoms with van der Waals surface area (Å²) in [6, 6.07) is -0.138. The summed E-state index contributed by atoms with van der Waals surface area (Å²) in [5, 5.41) is 12.4. The zero-order valence-electron chi connectivity index (χ0n) is 12.3. The fourth-order valence-electron chi connectivity index (χ4n) is 3.83. The lowest BCUT2D eigenvalue weighted by atomic mass is 9.74. The molecule has 0 aromatic carbocycles. The molecule has 2 unspecified atom stereocenters. The number of aliphatic carboxylic acids is 1. The molecule has 21 heavy (non-hydrogen) atoms. The summed E-state index contributed by atoms with van der Waals surface area (Å²) in [4.78, 5) is 25.7. The van der Waals surface area contributed by atoms with Crippen molar-refractivity contribution in [1.82, 2.24) is 10.2 Å². The Kier molecular flexibility index (Phi) is 4.06. The number of likely N-dealkylation sites (tertiary alicyclic amines) is 1. The van der Waals surface area contributed by atoms with Crippen LogP contribution in [-0.4, -0.2) is 53.8 Å². The minimum Gasteiger partial charge on any atom is -0.481 e. The molecular formula is C15H24N2O4. The van der Waals surface area contributed by atoms with E-state index in [1.165, 1.54) is 0 Å². The number of hydrogen-bond acceptors (Lipinski definition) is 3. The highest BCUT2D eigenvalue weighted by molar-refractivity contribution is 5.78. The fourth-order valence-corrected chi connectivity index (χ4v) is 3.83. The van der Waals surface area contributed by atoms with Crippen LogP contribution in [0.5, 0.6) is 0 Å². The summed E-state index contributed by atoms with van der Waals surface area (Å²) in [6.45, 7) is 1.50. The van der Waals surface area contributed by atoms with E-state index in [1.54, 1.807) is 4.90 Å². The number of urea groups is 1. The van der Waals surface area contributed by atoms with Gasteiger partial charge in [0.2, 0.25) is 0 Å². The predicted octanol–water partition coefficient (Wildman–Crippen LogP) is 1.59. The second-order valence-corrected chi connectivity index (χ2v) is 6.67. The van der Waals surface area contributed by atoms with Crippen molar-refractivity contribution in [3.05, 3.63) is 0 Å². The first-order valence-electron chi connectivity index (χ1n) is 8.01. The topological polar surface area (TPSA) is 78.9 Å². The van der Waals surface area contributed by atoms with Gasteiger partial charge in [-0.15, -0.1) is 0 Å². The third-order valence-corrected chi connectivity index (χ3v) is 5.17. The number of nitrogens with one attached hydrogen (secondary N) is 1. The van der Waals surface area contributed by atoms with Gasteiger partial charge in [-0.05, 0) is 25.7 Å². The molecule has 118 valence electrons. The third-order valence-electron chi connectivity index (χ3n) is 5.17. The summed E-state index contributed by atoms with van der Waals surface area (Å²) in [7, 11) is 0. The van der Waals surface area contributed by atoms with Crippen molar-refractivity contribution in [2.45, 2.75) is 57.2 Å². The van der Waals surface area contributed by atoms with Gasteiger partial charge in [0.05, 0.1) is 17.6 Å². The van der Waals surface area contributed by atoms with E-state index in [1.807, 2.05) is 0 Å². The number of amides is 2. The van der Waals surface area contributed by atoms with Crippen molar-refractivity contribution in [1.29, 1.82) is 0 Å². The van der Waals surface area contributed by atoms with E-state index in [9.17, 15) is 14.7 Å². The lowest BCUT2D eigenvalue weighted by Crippen LogP contribution is -2.53. The molecule has 2 amide bonds. The lowest BCUT2D eigenvalue weighted by molar-refractivity contribution is -0.150. The quantitative estimate of drug-likeness (QED) is 0.829. The highest BCUT2D eigenvalue weighted by Crippen LogP contribution is 2.36. The molecule has 6 nitrogen and oxygen atoms in total. The minimum atomic E-state index is -0.774. The lowest BCUT2D eigenvalue weighted by Gasteiger charge is -2.36. The number of carboxylic acids is 1. The molecule has 2 heterocycles. The number of carbonyl (C=O) groups is 2. The summed E-state index contributed by atoms with van der Waals surface area (Å²) < 4.78 is 5.71. The van der Waals surface area contributed by atoms with E-state index in [4.69, 9.17) is 4.74 Å². The van der Waals surface area contributed by atoms with Crippen LogP contribution in [0.1, 0.15) is 44.9 Å². The molecule has 3 fully saturated rings. The molecule has 2 atom stereocenters. The van der Waals surface area contributed by atoms with E-state index in [0.29, 0.717) is 25.9 Å². The Balaban J connectivity index is 1.56. The number of nitrogens with zero attached hydrogens (tertiary/aromatic N) is 1. The predicted molar refractivity (Wildman–Crippen MR) is 76.0 cm³/mol. The van der Waals surface area contributed by atoms with E-state index in [-0.39, 0.29) is 24.8 Å². The molecule has 1 saturated carbocycles. The summed E-state index contributed by atoms with van der Waals surface area (Å²) in [6.07, 6.45) is 6.66. The van der Waals surface area contributed by atoms with Crippen LogP contribution in [0.3, 0.4) is 0 Å². The van der Waals surface area contributed by atoms with Gasteiger partial charge in [-0.3, -0.25) is 4.79 Å². The van der Waals surface area contributed by atoms with Crippen molar-refractivity contribution in [2.75, 3.05) is 19.6 Å². The van der Waals surface area contributed by atoms with Gasteiger partial charge < -0.3 is 20.1 Å². The van der Waals surface area contributed by atoms with Gasteiger partial charge in [0.25, 0.3) is 0 Å². The Morgan fingerprint density at radius 3 is 2.33 bits per heavy atom. The van der Waals surface area contributed by atoms with Crippen LogP contribution >= 0.6 is 0 Å². The highest BCUT2D eigenvalue weighted by atomic mass is 16.5. The minimum absolute atomic E-state index is 0.138. The molecule has 2 N–H and O–H groups in total. The molecular weight excluding hydrogens is 272 g/mol. The van der Waals surface area contributed by atoms with Crippen LogP contribution in [0.4, 0.5) is 4.79 Å². The van der Waals surface area contributed by atoms with Crippen LogP contribution < -0.4 is 5.32 Å². The molecule has 3 rings (SSSR count). The number of rotatable bonds is 3. The third kappa shape index (κ3) is 3.00. The van der Waals surface area contributed by atoms with Crippen LogP contribution in [0.25, 0.3) is 0 Å². The summed E-state index contributed by atoms with van der Waals surface area (Å²) in [5.41, 5.74) is -0.765. The first-order chi connectivity index (χ1) is 10.1. The summed E-state index contributed by atoms with van der Waals surface area (Å²) >= 11 is 0. The Morgan fingerprint density at radius 1 is 1.14 bits per heavy atom. The Morgan fingerprint density at radius 2 is 1.76 bits per heavy atom. The van der Waals surface area contributed by atoms with Crippen molar-refractivity contribution < 1.29 is 19.4 Å². The van der Waals surface area contributed by atoms with Gasteiger partial charge in [0.1, 0.15) is 0 Å². The molecule has 2 bridgehead atoms. The van der Waals surface area contributed by atoms with Crippen molar-refractivity contribution in [2.24, 2.45) is 5.41 Å².